The summed E-state index contributed by atoms with van der Waals surface area (Å²) in [6, 6.07) is 151. The Morgan fingerprint density at radius 1 is 0.176 bits per heavy atom. The molecule has 20 aromatic rings. The molecule has 0 saturated heterocycles. The molecule has 0 aliphatic heterocycles. The fourth-order valence-electron chi connectivity index (χ4n) is 20.8. The monoisotopic (exact) mass is 1510 g/mol. The molecular weight excluding hydrogens is 1430 g/mol. The lowest BCUT2D eigenvalue weighted by atomic mass is 9.79. The minimum Gasteiger partial charge on any atom is -0.0622 e. The van der Waals surface area contributed by atoms with Crippen molar-refractivity contribution in [3.63, 3.8) is 0 Å². The molecule has 20 aromatic carbocycles. The van der Waals surface area contributed by atoms with Gasteiger partial charge in [-0.2, -0.15) is 0 Å². The van der Waals surface area contributed by atoms with Gasteiger partial charge < -0.3 is 0 Å². The molecule has 3 aliphatic rings. The van der Waals surface area contributed by atoms with Crippen LogP contribution in [0.4, 0.5) is 0 Å². The second-order valence-electron chi connectivity index (χ2n) is 34.5. The molecule has 562 valence electrons. The van der Waals surface area contributed by atoms with Crippen molar-refractivity contribution in [3.05, 3.63) is 457 Å². The number of hydrogen-bond acceptors (Lipinski definition) is 0. The van der Waals surface area contributed by atoms with E-state index in [-0.39, 0.29) is 16.2 Å². The van der Waals surface area contributed by atoms with Gasteiger partial charge in [0.1, 0.15) is 0 Å². The molecule has 0 bridgehead atoms. The first-order chi connectivity index (χ1) is 58.3. The third-order valence-corrected chi connectivity index (χ3v) is 26.7. The van der Waals surface area contributed by atoms with Crippen molar-refractivity contribution in [3.8, 4) is 111 Å². The SMILES string of the molecule is CC1(C)c2ccccc2-c2ccc(-c3c4ccccc4c(-c4ccc(C=C(c5ccccc5)c5ccccc5)cc4)c4ccc(-c5cccc6ccccc56)cc34)cc21.CC1(C)c2ccccc2-c2ccc(-c3c4ccccc4c(-c4ccc5c(c4)C(C)(C)c4cc(-c6ccccc6)ccc4-5)c4ccc(-c5cccc6ccccc56)cc34)cc21. The van der Waals surface area contributed by atoms with E-state index in [9.17, 15) is 0 Å². The molecule has 0 fully saturated rings. The fourth-order valence-corrected chi connectivity index (χ4v) is 20.8. The van der Waals surface area contributed by atoms with Crippen molar-refractivity contribution in [2.75, 3.05) is 0 Å². The van der Waals surface area contributed by atoms with Gasteiger partial charge >= 0.3 is 0 Å². The van der Waals surface area contributed by atoms with E-state index < -0.39 is 0 Å². The maximum atomic E-state index is 2.51. The van der Waals surface area contributed by atoms with E-state index in [1.165, 1.54) is 232 Å². The van der Waals surface area contributed by atoms with E-state index in [4.69, 9.17) is 0 Å². The van der Waals surface area contributed by atoms with Crippen LogP contribution in [0.5, 0.6) is 0 Å². The molecule has 0 aromatic heterocycles. The highest BCUT2D eigenvalue weighted by molar-refractivity contribution is 6.24. The lowest BCUT2D eigenvalue weighted by molar-refractivity contribution is 0.660. The quantitative estimate of drug-likeness (QED) is 0.0946. The van der Waals surface area contributed by atoms with Crippen molar-refractivity contribution < 1.29 is 0 Å². The maximum Gasteiger partial charge on any atom is 0.0159 e. The summed E-state index contributed by atoms with van der Waals surface area (Å²) in [5.74, 6) is 0. The van der Waals surface area contributed by atoms with Gasteiger partial charge in [0, 0.05) is 16.2 Å². The highest BCUT2D eigenvalue weighted by Crippen LogP contribution is 2.57. The van der Waals surface area contributed by atoms with Gasteiger partial charge in [-0.05, 0) is 274 Å². The van der Waals surface area contributed by atoms with E-state index in [1.54, 1.807) is 0 Å². The molecule has 0 heteroatoms. The average Bonchev–Trinajstić information content (AvgIpc) is 1.63. The van der Waals surface area contributed by atoms with E-state index in [0.717, 1.165) is 0 Å². The molecule has 0 spiro atoms. The Kier molecular flexibility index (Phi) is 16.8. The standard InChI is InChI=1S/C60H44.C59H42/c1-59(2)53-24-13-12-20-45(53)46-30-28-42(36-55(46)59)58-50-22-11-10-21-49(50)57(51-32-26-40(33-52(51)58)44-23-14-18-38-17-8-9-19-43(38)44)41-27-31-48-47-29-25-39(37-15-6-5-7-16-37)34-54(47)60(3,4)56(48)35-41;1-59(2)55-27-14-13-23-48(55)49-34-33-45(38-56(49)59)58-51-25-12-11-24-50(51)57(52-35-32-44(37-54(52)58)47-26-15-21-40-20-9-10-22-46(40)47)43-30-28-39(29-31-43)36-53(41-16-5-3-6-17-41)42-18-7-4-8-19-42/h5-36H,1-4H3;3-38H,1-2H3. The first kappa shape index (κ1) is 71.3. The molecule has 0 radical (unpaired) electrons. The molecule has 0 N–H and O–H groups in total. The second kappa shape index (κ2) is 28.0. The van der Waals surface area contributed by atoms with Crippen molar-refractivity contribution in [1.82, 2.24) is 0 Å². The Bertz CT molecular complexity index is 7520. The van der Waals surface area contributed by atoms with Crippen LogP contribution in [0.3, 0.4) is 0 Å². The van der Waals surface area contributed by atoms with Crippen LogP contribution in [0, 0.1) is 0 Å². The third kappa shape index (κ3) is 11.6. The van der Waals surface area contributed by atoms with Crippen LogP contribution < -0.4 is 0 Å². The van der Waals surface area contributed by atoms with E-state index in [1.807, 2.05) is 0 Å². The Labute approximate surface area is 697 Å². The Morgan fingerprint density at radius 2 is 0.462 bits per heavy atom. The summed E-state index contributed by atoms with van der Waals surface area (Å²) in [5.41, 5.74) is 38.4. The highest BCUT2D eigenvalue weighted by atomic mass is 14.4. The minimum atomic E-state index is -0.159. The van der Waals surface area contributed by atoms with Crippen molar-refractivity contribution in [2.45, 2.75) is 57.8 Å². The molecular formula is C119H86. The topological polar surface area (TPSA) is 0 Å². The first-order valence-corrected chi connectivity index (χ1v) is 42.0. The molecule has 0 nitrogen and oxygen atoms in total. The van der Waals surface area contributed by atoms with Crippen molar-refractivity contribution in [1.29, 1.82) is 0 Å². The summed E-state index contributed by atoms with van der Waals surface area (Å²) in [7, 11) is 0. The molecule has 3 aliphatic carbocycles. The minimum absolute atomic E-state index is 0.0985. The fraction of sp³-hybridized carbons (Fsp3) is 0.0756. The molecule has 23 rings (SSSR count). The van der Waals surface area contributed by atoms with Gasteiger partial charge in [-0.25, -0.2) is 0 Å². The summed E-state index contributed by atoms with van der Waals surface area (Å²) in [6.45, 7) is 14.3. The number of hydrogen-bond donors (Lipinski definition) is 0. The van der Waals surface area contributed by atoms with E-state index >= 15 is 0 Å². The Morgan fingerprint density at radius 3 is 0.891 bits per heavy atom. The van der Waals surface area contributed by atoms with Crippen LogP contribution in [0.15, 0.2) is 406 Å². The summed E-state index contributed by atoms with van der Waals surface area (Å²) in [5, 5.41) is 15.2. The molecule has 119 heavy (non-hydrogen) atoms. The zero-order chi connectivity index (χ0) is 79.8. The van der Waals surface area contributed by atoms with Crippen molar-refractivity contribution in [2.24, 2.45) is 0 Å². The lowest BCUT2D eigenvalue weighted by Gasteiger charge is -2.24. The van der Waals surface area contributed by atoms with Gasteiger partial charge in [-0.3, -0.25) is 0 Å². The average molecular weight is 1520 g/mol. The first-order valence-electron chi connectivity index (χ1n) is 42.0. The molecule has 0 saturated carbocycles. The van der Waals surface area contributed by atoms with Crippen LogP contribution in [-0.2, 0) is 16.2 Å². The largest absolute Gasteiger partial charge is 0.0622 e. The molecule has 0 atom stereocenters. The van der Waals surface area contributed by atoms with Gasteiger partial charge in [0.25, 0.3) is 0 Å². The summed E-state index contributed by atoms with van der Waals surface area (Å²) < 4.78 is 0. The van der Waals surface area contributed by atoms with Gasteiger partial charge in [0.05, 0.1) is 0 Å². The third-order valence-electron chi connectivity index (χ3n) is 26.7. The zero-order valence-corrected chi connectivity index (χ0v) is 67.8. The van der Waals surface area contributed by atoms with Gasteiger partial charge in [-0.15, -0.1) is 0 Å². The summed E-state index contributed by atoms with van der Waals surface area (Å²) in [4.78, 5) is 0. The Balaban J connectivity index is 0.000000143. The predicted molar refractivity (Wildman–Crippen MR) is 509 cm³/mol. The van der Waals surface area contributed by atoms with Crippen LogP contribution in [0.25, 0.3) is 188 Å². The molecule has 0 heterocycles. The van der Waals surface area contributed by atoms with E-state index in [2.05, 4.69) is 454 Å². The normalized spacial score (nSPS) is 13.5. The predicted octanol–water partition coefficient (Wildman–Crippen LogP) is 32.5. The van der Waals surface area contributed by atoms with Gasteiger partial charge in [0.2, 0.25) is 0 Å². The Hall–Kier alpha value is -14.3. The van der Waals surface area contributed by atoms with Crippen LogP contribution >= 0.6 is 0 Å². The van der Waals surface area contributed by atoms with Gasteiger partial charge in [-0.1, -0.05) is 412 Å². The van der Waals surface area contributed by atoms with Crippen molar-refractivity contribution >= 4 is 76.3 Å². The van der Waals surface area contributed by atoms with E-state index in [0.29, 0.717) is 0 Å². The van der Waals surface area contributed by atoms with Crippen LogP contribution in [-0.4, -0.2) is 0 Å². The van der Waals surface area contributed by atoms with Gasteiger partial charge in [0.15, 0.2) is 0 Å². The molecule has 0 amide bonds. The maximum absolute atomic E-state index is 2.51. The number of rotatable bonds is 10. The summed E-state index contributed by atoms with van der Waals surface area (Å²) >= 11 is 0. The zero-order valence-electron chi connectivity index (χ0n) is 67.8. The van der Waals surface area contributed by atoms with Crippen LogP contribution in [0.2, 0.25) is 0 Å². The smallest absolute Gasteiger partial charge is 0.0159 e. The summed E-state index contributed by atoms with van der Waals surface area (Å²) in [6.07, 6.45) is 2.32. The highest BCUT2D eigenvalue weighted by Gasteiger charge is 2.39. The second-order valence-corrected chi connectivity index (χ2v) is 34.5. The number of fused-ring (bicyclic) bond motifs is 15. The van der Waals surface area contributed by atoms with Crippen LogP contribution in [0.1, 0.15) is 91.6 Å². The molecule has 0 unspecified atom stereocenters. The lowest BCUT2D eigenvalue weighted by Crippen LogP contribution is -2.15. The number of benzene rings is 20.